The third kappa shape index (κ3) is 6.33. The van der Waals surface area contributed by atoms with Crippen LogP contribution in [0.15, 0.2) is 140 Å². The number of benzene rings is 6. The molecule has 268 valence electrons. The summed E-state index contributed by atoms with van der Waals surface area (Å²) in [6.07, 6.45) is 12.7. The van der Waals surface area contributed by atoms with E-state index in [-0.39, 0.29) is 10.8 Å². The third-order valence-electron chi connectivity index (χ3n) is 12.5. The SMILES string of the molecule is CCCCCCC1(CCCCCC)c2ccccc2-c2ccc(N(c3ccc(-c4ccccc4)cc3)c3ccc4c(c3)C(C)(C)c3ccccc3-4)cc21. The summed E-state index contributed by atoms with van der Waals surface area (Å²) in [5.74, 6) is 0. The standard InChI is InChI=1S/C52H55N/c1-5-7-9-18-34-52(35-19-10-8-6-2)48-25-17-15-23-44(48)46-33-31-42(37-50(46)52)53(40-28-26-39(27-29-40)38-20-12-11-13-21-38)41-30-32-45-43-22-14-16-24-47(43)51(3,4)49(45)36-41/h11-17,20-33,36-37H,5-10,18-19,34-35H2,1-4H3. The lowest BCUT2D eigenvalue weighted by atomic mass is 9.70. The first kappa shape index (κ1) is 35.2. The molecule has 0 saturated carbocycles. The summed E-state index contributed by atoms with van der Waals surface area (Å²) < 4.78 is 0. The van der Waals surface area contributed by atoms with Gasteiger partial charge in [-0.15, -0.1) is 0 Å². The molecule has 0 spiro atoms. The van der Waals surface area contributed by atoms with Gasteiger partial charge < -0.3 is 4.90 Å². The predicted molar refractivity (Wildman–Crippen MR) is 228 cm³/mol. The molecule has 0 aliphatic heterocycles. The molecule has 6 aromatic carbocycles. The Morgan fingerprint density at radius 1 is 0.396 bits per heavy atom. The van der Waals surface area contributed by atoms with Crippen LogP contribution in [0.4, 0.5) is 17.1 Å². The fraction of sp³-hybridized carbons (Fsp3) is 0.308. The maximum atomic E-state index is 2.59. The summed E-state index contributed by atoms with van der Waals surface area (Å²) in [5.41, 5.74) is 17.6. The normalized spacial score (nSPS) is 14.3. The number of rotatable bonds is 14. The van der Waals surface area contributed by atoms with Crippen molar-refractivity contribution in [2.75, 3.05) is 4.90 Å². The molecule has 0 bridgehead atoms. The average molecular weight is 694 g/mol. The number of unbranched alkanes of at least 4 members (excludes halogenated alkanes) is 6. The summed E-state index contributed by atoms with van der Waals surface area (Å²) in [7, 11) is 0. The van der Waals surface area contributed by atoms with Crippen LogP contribution in [0, 0.1) is 0 Å². The van der Waals surface area contributed by atoms with Gasteiger partial charge in [-0.1, -0.05) is 182 Å². The Labute approximate surface area is 318 Å². The van der Waals surface area contributed by atoms with Crippen molar-refractivity contribution in [3.63, 3.8) is 0 Å². The smallest absolute Gasteiger partial charge is 0.0465 e. The number of hydrogen-bond donors (Lipinski definition) is 0. The maximum absolute atomic E-state index is 2.59. The van der Waals surface area contributed by atoms with Crippen LogP contribution < -0.4 is 4.90 Å². The van der Waals surface area contributed by atoms with Crippen LogP contribution in [0.3, 0.4) is 0 Å². The van der Waals surface area contributed by atoms with Gasteiger partial charge in [0.25, 0.3) is 0 Å². The van der Waals surface area contributed by atoms with Gasteiger partial charge in [-0.05, 0) is 105 Å². The molecular weight excluding hydrogens is 639 g/mol. The highest BCUT2D eigenvalue weighted by Gasteiger charge is 2.43. The molecule has 0 radical (unpaired) electrons. The molecule has 6 aromatic rings. The van der Waals surface area contributed by atoms with Crippen molar-refractivity contribution in [1.82, 2.24) is 0 Å². The van der Waals surface area contributed by atoms with Gasteiger partial charge in [-0.25, -0.2) is 0 Å². The van der Waals surface area contributed by atoms with E-state index in [2.05, 4.69) is 172 Å². The molecule has 1 heteroatoms. The van der Waals surface area contributed by atoms with E-state index in [4.69, 9.17) is 0 Å². The van der Waals surface area contributed by atoms with Crippen LogP contribution in [0.2, 0.25) is 0 Å². The first-order chi connectivity index (χ1) is 26.0. The van der Waals surface area contributed by atoms with Crippen molar-refractivity contribution in [3.8, 4) is 33.4 Å². The molecular formula is C52H55N. The van der Waals surface area contributed by atoms with Crippen LogP contribution in [0.25, 0.3) is 33.4 Å². The summed E-state index contributed by atoms with van der Waals surface area (Å²) in [5, 5.41) is 0. The van der Waals surface area contributed by atoms with Gasteiger partial charge in [-0.3, -0.25) is 0 Å². The molecule has 8 rings (SSSR count). The number of hydrogen-bond acceptors (Lipinski definition) is 1. The van der Waals surface area contributed by atoms with E-state index in [1.165, 1.54) is 131 Å². The van der Waals surface area contributed by atoms with Gasteiger partial charge in [0.1, 0.15) is 0 Å². The quantitative estimate of drug-likeness (QED) is 0.103. The highest BCUT2D eigenvalue weighted by atomic mass is 15.1. The lowest BCUT2D eigenvalue weighted by Gasteiger charge is -2.34. The Hall–Kier alpha value is -4.88. The van der Waals surface area contributed by atoms with E-state index in [1.54, 1.807) is 5.56 Å². The second kappa shape index (κ2) is 14.9. The van der Waals surface area contributed by atoms with Crippen LogP contribution in [0.1, 0.15) is 114 Å². The van der Waals surface area contributed by atoms with E-state index >= 15 is 0 Å². The zero-order valence-electron chi connectivity index (χ0n) is 32.3. The molecule has 0 unspecified atom stereocenters. The van der Waals surface area contributed by atoms with E-state index < -0.39 is 0 Å². The van der Waals surface area contributed by atoms with Crippen LogP contribution in [-0.2, 0) is 10.8 Å². The van der Waals surface area contributed by atoms with Crippen molar-refractivity contribution < 1.29 is 0 Å². The summed E-state index contributed by atoms with van der Waals surface area (Å²) in [6, 6.07) is 52.9. The van der Waals surface area contributed by atoms with Crippen molar-refractivity contribution >= 4 is 17.1 Å². The number of anilines is 3. The molecule has 0 aromatic heterocycles. The molecule has 2 aliphatic carbocycles. The minimum absolute atomic E-state index is 0.0355. The second-order valence-electron chi connectivity index (χ2n) is 16.1. The van der Waals surface area contributed by atoms with Crippen LogP contribution >= 0.6 is 0 Å². The minimum Gasteiger partial charge on any atom is -0.310 e. The Morgan fingerprint density at radius 3 is 1.49 bits per heavy atom. The lowest BCUT2D eigenvalue weighted by molar-refractivity contribution is 0.401. The number of nitrogens with zero attached hydrogens (tertiary/aromatic N) is 1. The van der Waals surface area contributed by atoms with Crippen LogP contribution in [-0.4, -0.2) is 0 Å². The minimum atomic E-state index is -0.0729. The van der Waals surface area contributed by atoms with E-state index in [9.17, 15) is 0 Å². The van der Waals surface area contributed by atoms with Gasteiger partial charge in [0.05, 0.1) is 0 Å². The Balaban J connectivity index is 1.28. The highest BCUT2D eigenvalue weighted by molar-refractivity contribution is 5.88. The molecule has 0 fully saturated rings. The predicted octanol–water partition coefficient (Wildman–Crippen LogP) is 15.3. The van der Waals surface area contributed by atoms with Crippen LogP contribution in [0.5, 0.6) is 0 Å². The van der Waals surface area contributed by atoms with E-state index in [0.29, 0.717) is 0 Å². The lowest BCUT2D eigenvalue weighted by Crippen LogP contribution is -2.26. The Bertz CT molecular complexity index is 2180. The topological polar surface area (TPSA) is 3.24 Å². The summed E-state index contributed by atoms with van der Waals surface area (Å²) >= 11 is 0. The third-order valence-corrected chi connectivity index (χ3v) is 12.5. The Kier molecular flexibility index (Phi) is 9.86. The molecule has 0 heterocycles. The molecule has 0 amide bonds. The number of fused-ring (bicyclic) bond motifs is 6. The molecule has 0 atom stereocenters. The zero-order chi connectivity index (χ0) is 36.4. The first-order valence-corrected chi connectivity index (χ1v) is 20.4. The van der Waals surface area contributed by atoms with Crippen molar-refractivity contribution in [1.29, 1.82) is 0 Å². The van der Waals surface area contributed by atoms with Crippen molar-refractivity contribution in [3.05, 3.63) is 162 Å². The van der Waals surface area contributed by atoms with Crippen molar-refractivity contribution in [2.45, 2.75) is 103 Å². The molecule has 0 saturated heterocycles. The van der Waals surface area contributed by atoms with E-state index in [0.717, 1.165) is 0 Å². The van der Waals surface area contributed by atoms with Gasteiger partial charge in [0.15, 0.2) is 0 Å². The van der Waals surface area contributed by atoms with Gasteiger partial charge in [-0.2, -0.15) is 0 Å². The second-order valence-corrected chi connectivity index (χ2v) is 16.1. The first-order valence-electron chi connectivity index (χ1n) is 20.4. The molecule has 53 heavy (non-hydrogen) atoms. The summed E-state index contributed by atoms with van der Waals surface area (Å²) in [4.78, 5) is 2.52. The maximum Gasteiger partial charge on any atom is 0.0465 e. The molecule has 0 N–H and O–H groups in total. The zero-order valence-corrected chi connectivity index (χ0v) is 32.3. The van der Waals surface area contributed by atoms with Gasteiger partial charge in [0.2, 0.25) is 0 Å². The highest BCUT2D eigenvalue weighted by Crippen LogP contribution is 2.56. The monoisotopic (exact) mass is 693 g/mol. The summed E-state index contributed by atoms with van der Waals surface area (Å²) in [6.45, 7) is 9.43. The largest absolute Gasteiger partial charge is 0.310 e. The van der Waals surface area contributed by atoms with Gasteiger partial charge in [0, 0.05) is 27.9 Å². The van der Waals surface area contributed by atoms with E-state index in [1.807, 2.05) is 0 Å². The molecule has 1 nitrogen and oxygen atoms in total. The fourth-order valence-corrected chi connectivity index (χ4v) is 9.67. The average Bonchev–Trinajstić information content (AvgIpc) is 3.60. The molecule has 2 aliphatic rings. The Morgan fingerprint density at radius 2 is 0.868 bits per heavy atom. The van der Waals surface area contributed by atoms with Crippen molar-refractivity contribution in [2.24, 2.45) is 0 Å². The van der Waals surface area contributed by atoms with Gasteiger partial charge >= 0.3 is 0 Å². The fourth-order valence-electron chi connectivity index (χ4n) is 9.67.